The van der Waals surface area contributed by atoms with Crippen LogP contribution in [0.4, 0.5) is 5.82 Å². The molecule has 1 fully saturated rings. The number of carbonyl (C=O) groups is 1. The Hall–Kier alpha value is -2.45. The third-order valence-electron chi connectivity index (χ3n) is 4.21. The normalized spacial score (nSPS) is 19.3. The Bertz CT molecular complexity index is 740. The molecule has 25 heavy (non-hydrogen) atoms. The predicted octanol–water partition coefficient (Wildman–Crippen LogP) is 1.39. The van der Waals surface area contributed by atoms with Crippen molar-refractivity contribution in [1.82, 2.24) is 15.3 Å². The number of furan rings is 1. The van der Waals surface area contributed by atoms with Crippen LogP contribution in [0.5, 0.6) is 0 Å². The Kier molecular flexibility index (Phi) is 5.30. The van der Waals surface area contributed by atoms with Crippen molar-refractivity contribution < 1.29 is 13.9 Å². The monoisotopic (exact) mass is 345 g/mol. The van der Waals surface area contributed by atoms with Crippen LogP contribution in [0, 0.1) is 0 Å². The van der Waals surface area contributed by atoms with Gasteiger partial charge in [0.1, 0.15) is 18.2 Å². The summed E-state index contributed by atoms with van der Waals surface area (Å²) in [6.45, 7) is 0.771. The average molecular weight is 345 g/mol. The van der Waals surface area contributed by atoms with Crippen LogP contribution in [0.25, 0.3) is 0 Å². The SMILES string of the molecule is CNC(=O)c1ccc(CNc2cc(C3CC(N)C3)nc(COC)n2)o1. The lowest BCUT2D eigenvalue weighted by molar-refractivity contribution is 0.0934. The van der Waals surface area contributed by atoms with Gasteiger partial charge < -0.3 is 25.5 Å². The highest BCUT2D eigenvalue weighted by Crippen LogP contribution is 2.35. The first-order valence-corrected chi connectivity index (χ1v) is 8.26. The number of nitrogens with two attached hydrogens (primary N) is 1. The highest BCUT2D eigenvalue weighted by atomic mass is 16.5. The maximum Gasteiger partial charge on any atom is 0.286 e. The zero-order valence-electron chi connectivity index (χ0n) is 14.4. The summed E-state index contributed by atoms with van der Waals surface area (Å²) in [7, 11) is 3.18. The predicted molar refractivity (Wildman–Crippen MR) is 92.1 cm³/mol. The molecular weight excluding hydrogens is 322 g/mol. The average Bonchev–Trinajstić information content (AvgIpc) is 3.05. The van der Waals surface area contributed by atoms with Crippen LogP contribution in [0.2, 0.25) is 0 Å². The summed E-state index contributed by atoms with van der Waals surface area (Å²) in [6, 6.07) is 5.61. The summed E-state index contributed by atoms with van der Waals surface area (Å²) in [5.41, 5.74) is 6.87. The zero-order chi connectivity index (χ0) is 17.8. The van der Waals surface area contributed by atoms with Gasteiger partial charge in [0.15, 0.2) is 11.6 Å². The summed E-state index contributed by atoms with van der Waals surface area (Å²) in [6.07, 6.45) is 1.88. The molecule has 0 atom stereocenters. The van der Waals surface area contributed by atoms with E-state index in [9.17, 15) is 4.79 Å². The Labute approximate surface area is 146 Å². The van der Waals surface area contributed by atoms with Crippen molar-refractivity contribution >= 4 is 11.7 Å². The van der Waals surface area contributed by atoms with Gasteiger partial charge in [-0.2, -0.15) is 0 Å². The minimum atomic E-state index is -0.251. The topological polar surface area (TPSA) is 115 Å². The van der Waals surface area contributed by atoms with Crippen LogP contribution >= 0.6 is 0 Å². The van der Waals surface area contributed by atoms with Gasteiger partial charge in [0, 0.05) is 37.9 Å². The molecule has 1 amide bonds. The number of anilines is 1. The number of hydrogen-bond donors (Lipinski definition) is 3. The number of rotatable bonds is 7. The minimum absolute atomic E-state index is 0.251. The van der Waals surface area contributed by atoms with Crippen LogP contribution in [-0.4, -0.2) is 36.1 Å². The van der Waals surface area contributed by atoms with E-state index in [-0.39, 0.29) is 17.7 Å². The molecule has 0 radical (unpaired) electrons. The first kappa shape index (κ1) is 17.4. The van der Waals surface area contributed by atoms with Crippen molar-refractivity contribution in [2.24, 2.45) is 5.73 Å². The van der Waals surface area contributed by atoms with Crippen LogP contribution in [-0.2, 0) is 17.9 Å². The molecule has 0 unspecified atom stereocenters. The number of hydrogen-bond acceptors (Lipinski definition) is 7. The number of aromatic nitrogens is 2. The van der Waals surface area contributed by atoms with E-state index in [1.807, 2.05) is 6.07 Å². The van der Waals surface area contributed by atoms with E-state index in [2.05, 4.69) is 20.6 Å². The molecule has 1 saturated carbocycles. The summed E-state index contributed by atoms with van der Waals surface area (Å²) in [5.74, 6) is 2.39. The third-order valence-corrected chi connectivity index (χ3v) is 4.21. The fourth-order valence-electron chi connectivity index (χ4n) is 2.81. The maximum atomic E-state index is 11.5. The number of methoxy groups -OCH3 is 1. The highest BCUT2D eigenvalue weighted by molar-refractivity contribution is 5.91. The minimum Gasteiger partial charge on any atom is -0.454 e. The van der Waals surface area contributed by atoms with Gasteiger partial charge in [-0.1, -0.05) is 0 Å². The molecule has 8 heteroatoms. The largest absolute Gasteiger partial charge is 0.454 e. The lowest BCUT2D eigenvalue weighted by Gasteiger charge is -2.32. The molecular formula is C17H23N5O3. The number of amides is 1. The molecule has 3 rings (SSSR count). The first-order valence-electron chi connectivity index (χ1n) is 8.26. The van der Waals surface area contributed by atoms with Crippen LogP contribution in [0.1, 0.15) is 46.6 Å². The molecule has 1 aliphatic rings. The van der Waals surface area contributed by atoms with Gasteiger partial charge >= 0.3 is 0 Å². The molecule has 134 valence electrons. The van der Waals surface area contributed by atoms with Gasteiger partial charge in [-0.25, -0.2) is 9.97 Å². The molecule has 2 heterocycles. The second-order valence-electron chi connectivity index (χ2n) is 6.15. The van der Waals surface area contributed by atoms with Gasteiger partial charge in [0.2, 0.25) is 0 Å². The fourth-order valence-corrected chi connectivity index (χ4v) is 2.81. The number of ether oxygens (including phenoxy) is 1. The van der Waals surface area contributed by atoms with Crippen molar-refractivity contribution in [2.75, 3.05) is 19.5 Å². The van der Waals surface area contributed by atoms with Gasteiger partial charge in [-0.05, 0) is 25.0 Å². The lowest BCUT2D eigenvalue weighted by atomic mass is 9.78. The first-order chi connectivity index (χ1) is 12.1. The van der Waals surface area contributed by atoms with E-state index >= 15 is 0 Å². The Balaban J connectivity index is 1.70. The summed E-state index contributed by atoms with van der Waals surface area (Å²) < 4.78 is 10.7. The molecule has 4 N–H and O–H groups in total. The number of nitrogens with zero attached hydrogens (tertiary/aromatic N) is 2. The summed E-state index contributed by atoms with van der Waals surface area (Å²) in [5, 5.41) is 5.75. The number of nitrogens with one attached hydrogen (secondary N) is 2. The second kappa shape index (κ2) is 7.62. The van der Waals surface area contributed by atoms with Gasteiger partial charge in [-0.3, -0.25) is 4.79 Å². The smallest absolute Gasteiger partial charge is 0.286 e. The Morgan fingerprint density at radius 2 is 2.20 bits per heavy atom. The molecule has 1 aliphatic carbocycles. The van der Waals surface area contributed by atoms with E-state index in [4.69, 9.17) is 14.9 Å². The Morgan fingerprint density at radius 1 is 1.40 bits per heavy atom. The zero-order valence-corrected chi connectivity index (χ0v) is 14.4. The quantitative estimate of drug-likeness (QED) is 0.694. The van der Waals surface area contributed by atoms with Crippen LogP contribution in [0.15, 0.2) is 22.6 Å². The van der Waals surface area contributed by atoms with Gasteiger partial charge in [0.05, 0.1) is 6.54 Å². The van der Waals surface area contributed by atoms with Crippen LogP contribution < -0.4 is 16.4 Å². The van der Waals surface area contributed by atoms with Gasteiger partial charge in [-0.15, -0.1) is 0 Å². The molecule has 2 aromatic rings. The molecule has 0 bridgehead atoms. The maximum absolute atomic E-state index is 11.5. The molecule has 8 nitrogen and oxygen atoms in total. The second-order valence-corrected chi connectivity index (χ2v) is 6.15. The molecule has 0 aliphatic heterocycles. The summed E-state index contributed by atoms with van der Waals surface area (Å²) >= 11 is 0. The van der Waals surface area contributed by atoms with E-state index in [0.717, 1.165) is 18.5 Å². The lowest BCUT2D eigenvalue weighted by Crippen LogP contribution is -2.35. The van der Waals surface area contributed by atoms with Crippen molar-refractivity contribution in [3.63, 3.8) is 0 Å². The van der Waals surface area contributed by atoms with Gasteiger partial charge in [0.25, 0.3) is 5.91 Å². The molecule has 0 aromatic carbocycles. The van der Waals surface area contributed by atoms with Crippen molar-refractivity contribution in [1.29, 1.82) is 0 Å². The Morgan fingerprint density at radius 3 is 2.88 bits per heavy atom. The van der Waals surface area contributed by atoms with Crippen molar-refractivity contribution in [3.8, 4) is 0 Å². The van der Waals surface area contributed by atoms with E-state index in [1.165, 1.54) is 0 Å². The molecule has 0 spiro atoms. The van der Waals surface area contributed by atoms with E-state index in [1.54, 1.807) is 26.3 Å². The standard InChI is InChI=1S/C17H23N5O3/c1-19-17(23)14-4-3-12(25-14)8-20-15-7-13(10-5-11(18)6-10)21-16(22-15)9-24-2/h3-4,7,10-11H,5-6,8-9,18H2,1-2H3,(H,19,23)(H,20,21,22). The molecule has 0 saturated heterocycles. The van der Waals surface area contributed by atoms with Crippen LogP contribution in [0.3, 0.4) is 0 Å². The summed E-state index contributed by atoms with van der Waals surface area (Å²) in [4.78, 5) is 20.6. The molecule has 2 aromatic heterocycles. The number of carbonyl (C=O) groups excluding carboxylic acids is 1. The van der Waals surface area contributed by atoms with Crippen molar-refractivity contribution in [2.45, 2.75) is 38.0 Å². The third kappa shape index (κ3) is 4.15. The van der Waals surface area contributed by atoms with E-state index < -0.39 is 0 Å². The fraction of sp³-hybridized carbons (Fsp3) is 0.471. The van der Waals surface area contributed by atoms with Crippen molar-refractivity contribution in [3.05, 3.63) is 41.2 Å². The highest BCUT2D eigenvalue weighted by Gasteiger charge is 2.29. The van der Waals surface area contributed by atoms with E-state index in [0.29, 0.717) is 36.5 Å².